The van der Waals surface area contributed by atoms with Crippen molar-refractivity contribution in [3.05, 3.63) is 60.7 Å². The van der Waals surface area contributed by atoms with Gasteiger partial charge in [-0.25, -0.2) is 9.59 Å². The van der Waals surface area contributed by atoms with Gasteiger partial charge >= 0.3 is 12.2 Å². The van der Waals surface area contributed by atoms with E-state index >= 15 is 0 Å². The Hall–Kier alpha value is -3.02. The molecule has 2 aromatic rings. The van der Waals surface area contributed by atoms with E-state index < -0.39 is 12.2 Å². The minimum atomic E-state index is -1.16. The fourth-order valence-corrected chi connectivity index (χ4v) is 1.96. The minimum absolute atomic E-state index is 0.171. The molecule has 0 saturated carbocycles. The van der Waals surface area contributed by atoms with Gasteiger partial charge in [0, 0.05) is 11.4 Å². The zero-order valence-corrected chi connectivity index (χ0v) is 12.0. The molecule has 0 saturated heterocycles. The van der Waals surface area contributed by atoms with Crippen molar-refractivity contribution in [2.24, 2.45) is 0 Å². The Morgan fingerprint density at radius 1 is 0.909 bits per heavy atom. The van der Waals surface area contributed by atoms with Crippen LogP contribution in [-0.4, -0.2) is 31.1 Å². The summed E-state index contributed by atoms with van der Waals surface area (Å²) in [6.07, 6.45) is -1.79. The molecule has 0 spiro atoms. The van der Waals surface area contributed by atoms with Gasteiger partial charge in [-0.15, -0.1) is 0 Å². The number of carbonyl (C=O) groups is 2. The molecule has 0 bridgehead atoms. The predicted molar refractivity (Wildman–Crippen MR) is 83.1 cm³/mol. The Bertz CT molecular complexity index is 631. The molecule has 0 aromatic heterocycles. The van der Waals surface area contributed by atoms with Gasteiger partial charge in [0.05, 0.1) is 7.11 Å². The predicted octanol–water partition coefficient (Wildman–Crippen LogP) is 3.40. The number of anilines is 2. The molecule has 0 unspecified atom stereocenters. The van der Waals surface area contributed by atoms with Crippen LogP contribution in [0.2, 0.25) is 0 Å². The highest BCUT2D eigenvalue weighted by molar-refractivity contribution is 5.92. The average Bonchev–Trinajstić information content (AvgIpc) is 2.56. The number of para-hydroxylation sites is 2. The molecule has 1 N–H and O–H groups in total. The summed E-state index contributed by atoms with van der Waals surface area (Å²) in [4.78, 5) is 25.8. The third-order valence-corrected chi connectivity index (χ3v) is 3.04. The van der Waals surface area contributed by atoms with Crippen LogP contribution in [0.3, 0.4) is 0 Å². The molecule has 6 nitrogen and oxygen atoms in total. The highest BCUT2D eigenvalue weighted by atomic mass is 16.5. The van der Waals surface area contributed by atoms with Gasteiger partial charge in [0.2, 0.25) is 0 Å². The lowest BCUT2D eigenvalue weighted by molar-refractivity contribution is 0.178. The average molecular weight is 300 g/mol. The molecule has 2 amide bonds. The smallest absolute Gasteiger partial charge is 0.415 e. The first-order valence-electron chi connectivity index (χ1n) is 6.59. The van der Waals surface area contributed by atoms with Gasteiger partial charge in [0.15, 0.2) is 0 Å². The van der Waals surface area contributed by atoms with Crippen LogP contribution in [0.1, 0.15) is 0 Å². The Balaban J connectivity index is 2.32. The summed E-state index contributed by atoms with van der Waals surface area (Å²) < 4.78 is 4.75. The van der Waals surface area contributed by atoms with Gasteiger partial charge in [0.25, 0.3) is 0 Å². The van der Waals surface area contributed by atoms with Crippen LogP contribution in [0, 0.1) is 0 Å². The van der Waals surface area contributed by atoms with Crippen molar-refractivity contribution in [3.8, 4) is 0 Å². The molecule has 0 fully saturated rings. The number of hydrogen-bond donors (Lipinski definition) is 1. The van der Waals surface area contributed by atoms with E-state index in [9.17, 15) is 14.7 Å². The number of benzene rings is 2. The van der Waals surface area contributed by atoms with Gasteiger partial charge in [-0.1, -0.05) is 36.4 Å². The van der Waals surface area contributed by atoms with Crippen LogP contribution < -0.4 is 9.80 Å². The van der Waals surface area contributed by atoms with Crippen molar-refractivity contribution in [1.82, 2.24) is 0 Å². The number of carboxylic acid groups (broad SMARTS) is 1. The number of carbonyl (C=O) groups excluding carboxylic acids is 1. The first kappa shape index (κ1) is 15.4. The van der Waals surface area contributed by atoms with Crippen LogP contribution in [0.15, 0.2) is 60.7 Å². The first-order chi connectivity index (χ1) is 10.6. The molecule has 0 radical (unpaired) electrons. The summed E-state index contributed by atoms with van der Waals surface area (Å²) in [5.41, 5.74) is 1.02. The van der Waals surface area contributed by atoms with Crippen LogP contribution in [0.4, 0.5) is 21.0 Å². The fraction of sp³-hybridized carbons (Fsp3) is 0.125. The van der Waals surface area contributed by atoms with Crippen molar-refractivity contribution in [3.63, 3.8) is 0 Å². The third-order valence-electron chi connectivity index (χ3n) is 3.04. The molecule has 0 aliphatic rings. The second-order valence-electron chi connectivity index (χ2n) is 4.42. The van der Waals surface area contributed by atoms with Gasteiger partial charge in [-0.05, 0) is 24.3 Å². The minimum Gasteiger partial charge on any atom is -0.465 e. The third kappa shape index (κ3) is 3.54. The maximum absolute atomic E-state index is 12.0. The van der Waals surface area contributed by atoms with Gasteiger partial charge in [-0.2, -0.15) is 0 Å². The lowest BCUT2D eigenvalue weighted by atomic mass is 10.3. The van der Waals surface area contributed by atoms with Crippen molar-refractivity contribution in [1.29, 1.82) is 0 Å². The summed E-state index contributed by atoms with van der Waals surface area (Å²) in [6.45, 7) is -0.171. The Morgan fingerprint density at radius 3 is 1.77 bits per heavy atom. The molecule has 2 rings (SSSR count). The summed E-state index contributed by atoms with van der Waals surface area (Å²) in [7, 11) is 1.26. The topological polar surface area (TPSA) is 70.1 Å². The molecule has 0 aliphatic carbocycles. The Labute approximate surface area is 128 Å². The first-order valence-corrected chi connectivity index (χ1v) is 6.59. The molecule has 2 aromatic carbocycles. The molecule has 0 atom stereocenters. The molecular formula is C16H16N2O4. The number of rotatable bonds is 4. The standard InChI is InChI=1S/C16H16N2O4/c1-22-16(21)18(14-10-6-3-7-11-14)12-17(15(19)20)13-8-4-2-5-9-13/h2-11H,12H2,1H3,(H,19,20). The number of methoxy groups -OCH3 is 1. The van der Waals surface area contributed by atoms with E-state index in [2.05, 4.69) is 0 Å². The maximum atomic E-state index is 12.0. The normalized spacial score (nSPS) is 9.86. The summed E-state index contributed by atoms with van der Waals surface area (Å²) in [5, 5.41) is 9.42. The second-order valence-corrected chi connectivity index (χ2v) is 4.42. The van der Waals surface area contributed by atoms with Crippen LogP contribution in [0.5, 0.6) is 0 Å². The molecule has 0 aliphatic heterocycles. The van der Waals surface area contributed by atoms with Crippen molar-refractivity contribution in [2.75, 3.05) is 23.6 Å². The Morgan fingerprint density at radius 2 is 1.36 bits per heavy atom. The molecule has 0 heterocycles. The van der Waals surface area contributed by atoms with E-state index in [0.717, 1.165) is 4.90 Å². The van der Waals surface area contributed by atoms with Crippen LogP contribution in [0.25, 0.3) is 0 Å². The van der Waals surface area contributed by atoms with Crippen LogP contribution in [-0.2, 0) is 4.74 Å². The lowest BCUT2D eigenvalue weighted by Crippen LogP contribution is -2.44. The molecule has 6 heteroatoms. The number of hydrogen-bond acceptors (Lipinski definition) is 3. The van der Waals surface area contributed by atoms with Crippen molar-refractivity contribution in [2.45, 2.75) is 0 Å². The summed E-state index contributed by atoms with van der Waals surface area (Å²) in [5.74, 6) is 0. The van der Waals surface area contributed by atoms with Crippen LogP contribution >= 0.6 is 0 Å². The van der Waals surface area contributed by atoms with E-state index in [-0.39, 0.29) is 6.67 Å². The molecule has 114 valence electrons. The molecular weight excluding hydrogens is 284 g/mol. The van der Waals surface area contributed by atoms with E-state index in [1.807, 2.05) is 6.07 Å². The van der Waals surface area contributed by atoms with E-state index in [4.69, 9.17) is 4.74 Å². The summed E-state index contributed by atoms with van der Waals surface area (Å²) in [6, 6.07) is 17.3. The monoisotopic (exact) mass is 300 g/mol. The molecule has 22 heavy (non-hydrogen) atoms. The highest BCUT2D eigenvalue weighted by Gasteiger charge is 2.23. The second kappa shape index (κ2) is 7.12. The van der Waals surface area contributed by atoms with Gasteiger partial charge < -0.3 is 9.84 Å². The quantitative estimate of drug-likeness (QED) is 0.878. The number of ether oxygens (including phenoxy) is 1. The van der Waals surface area contributed by atoms with Gasteiger partial charge in [0.1, 0.15) is 6.67 Å². The zero-order chi connectivity index (χ0) is 15.9. The van der Waals surface area contributed by atoms with Crippen molar-refractivity contribution < 1.29 is 19.4 Å². The van der Waals surface area contributed by atoms with E-state index in [1.165, 1.54) is 12.0 Å². The van der Waals surface area contributed by atoms with Crippen molar-refractivity contribution >= 4 is 23.6 Å². The highest BCUT2D eigenvalue weighted by Crippen LogP contribution is 2.19. The zero-order valence-electron chi connectivity index (χ0n) is 12.0. The maximum Gasteiger partial charge on any atom is 0.415 e. The SMILES string of the molecule is COC(=O)N(CN(C(=O)O)c1ccccc1)c1ccccc1. The fourth-order valence-electron chi connectivity index (χ4n) is 1.96. The van der Waals surface area contributed by atoms with Gasteiger partial charge in [-0.3, -0.25) is 9.80 Å². The number of nitrogens with zero attached hydrogens (tertiary/aromatic N) is 2. The summed E-state index contributed by atoms with van der Waals surface area (Å²) >= 11 is 0. The Kier molecular flexibility index (Phi) is 4.98. The number of amides is 2. The van der Waals surface area contributed by atoms with E-state index in [1.54, 1.807) is 54.6 Å². The largest absolute Gasteiger partial charge is 0.465 e. The van der Waals surface area contributed by atoms with E-state index in [0.29, 0.717) is 11.4 Å². The lowest BCUT2D eigenvalue weighted by Gasteiger charge is -2.28.